The van der Waals surface area contributed by atoms with E-state index in [-0.39, 0.29) is 5.92 Å². The Morgan fingerprint density at radius 1 is 1.79 bits per heavy atom. The fourth-order valence-corrected chi connectivity index (χ4v) is 1.68. The maximum Gasteiger partial charge on any atom is 0.321 e. The number of nitrogens with zero attached hydrogens (tertiary/aromatic N) is 2. The molecule has 0 saturated carbocycles. The standard InChI is InChI=1S/C9H15N3O2/c10-4-7-2-1-3-12(5-7)6-8(11)9(13)14/h7-8H,1-3,5-6,11H2,(H,13,14). The Morgan fingerprint density at radius 2 is 2.50 bits per heavy atom. The Labute approximate surface area is 83.1 Å². The fourth-order valence-electron chi connectivity index (χ4n) is 1.68. The van der Waals surface area contributed by atoms with Crippen LogP contribution in [0.4, 0.5) is 0 Å². The van der Waals surface area contributed by atoms with Gasteiger partial charge in [-0.15, -0.1) is 0 Å². The molecule has 0 amide bonds. The third-order valence-electron chi connectivity index (χ3n) is 2.46. The Bertz CT molecular complexity index is 249. The molecule has 78 valence electrons. The summed E-state index contributed by atoms with van der Waals surface area (Å²) in [6.07, 6.45) is 1.86. The quantitative estimate of drug-likeness (QED) is 0.644. The highest BCUT2D eigenvalue weighted by Gasteiger charge is 2.23. The van der Waals surface area contributed by atoms with Crippen molar-refractivity contribution in [1.29, 1.82) is 5.26 Å². The minimum absolute atomic E-state index is 0.0322. The molecule has 14 heavy (non-hydrogen) atoms. The molecule has 0 spiro atoms. The van der Waals surface area contributed by atoms with Gasteiger partial charge in [0.15, 0.2) is 0 Å². The Balaban J connectivity index is 2.38. The zero-order valence-corrected chi connectivity index (χ0v) is 8.02. The summed E-state index contributed by atoms with van der Waals surface area (Å²) >= 11 is 0. The highest BCUT2D eigenvalue weighted by molar-refractivity contribution is 5.73. The summed E-state index contributed by atoms with van der Waals surface area (Å²) < 4.78 is 0. The van der Waals surface area contributed by atoms with E-state index in [0.717, 1.165) is 19.4 Å². The van der Waals surface area contributed by atoms with E-state index >= 15 is 0 Å². The van der Waals surface area contributed by atoms with Crippen molar-refractivity contribution >= 4 is 5.97 Å². The second-order valence-electron chi connectivity index (χ2n) is 3.67. The van der Waals surface area contributed by atoms with Gasteiger partial charge in [0.2, 0.25) is 0 Å². The van der Waals surface area contributed by atoms with Crippen molar-refractivity contribution < 1.29 is 9.90 Å². The van der Waals surface area contributed by atoms with Gasteiger partial charge in [-0.1, -0.05) is 0 Å². The lowest BCUT2D eigenvalue weighted by molar-refractivity contribution is -0.139. The second-order valence-corrected chi connectivity index (χ2v) is 3.67. The van der Waals surface area contributed by atoms with E-state index in [1.165, 1.54) is 0 Å². The van der Waals surface area contributed by atoms with Crippen molar-refractivity contribution in [2.75, 3.05) is 19.6 Å². The average Bonchev–Trinajstić information content (AvgIpc) is 2.18. The smallest absolute Gasteiger partial charge is 0.321 e. The summed E-state index contributed by atoms with van der Waals surface area (Å²) in [6.45, 7) is 1.84. The van der Waals surface area contributed by atoms with E-state index in [1.807, 2.05) is 4.90 Å². The van der Waals surface area contributed by atoms with E-state index in [9.17, 15) is 4.79 Å². The molecule has 1 rings (SSSR count). The number of carboxylic acid groups (broad SMARTS) is 1. The van der Waals surface area contributed by atoms with Crippen LogP contribution in [-0.4, -0.2) is 41.7 Å². The van der Waals surface area contributed by atoms with Gasteiger partial charge >= 0.3 is 5.97 Å². The number of aliphatic carboxylic acids is 1. The highest BCUT2D eigenvalue weighted by atomic mass is 16.4. The van der Waals surface area contributed by atoms with Crippen LogP contribution in [0.1, 0.15) is 12.8 Å². The van der Waals surface area contributed by atoms with Gasteiger partial charge < -0.3 is 10.8 Å². The summed E-state index contributed by atoms with van der Waals surface area (Å²) in [5.41, 5.74) is 5.41. The molecular weight excluding hydrogens is 182 g/mol. The van der Waals surface area contributed by atoms with E-state index < -0.39 is 12.0 Å². The van der Waals surface area contributed by atoms with Crippen LogP contribution in [0.3, 0.4) is 0 Å². The van der Waals surface area contributed by atoms with Gasteiger partial charge in [-0.25, -0.2) is 0 Å². The second kappa shape index (κ2) is 4.94. The molecule has 0 radical (unpaired) electrons. The average molecular weight is 197 g/mol. The highest BCUT2D eigenvalue weighted by Crippen LogP contribution is 2.15. The fraction of sp³-hybridized carbons (Fsp3) is 0.778. The first-order chi connectivity index (χ1) is 6.63. The molecule has 1 fully saturated rings. The van der Waals surface area contributed by atoms with Crippen molar-refractivity contribution in [3.8, 4) is 6.07 Å². The summed E-state index contributed by atoms with van der Waals surface area (Å²) in [5, 5.41) is 17.3. The third-order valence-corrected chi connectivity index (χ3v) is 2.46. The molecule has 3 N–H and O–H groups in total. The molecular formula is C9H15N3O2. The number of nitrogens with two attached hydrogens (primary N) is 1. The van der Waals surface area contributed by atoms with Gasteiger partial charge in [0, 0.05) is 13.1 Å². The molecule has 5 nitrogen and oxygen atoms in total. The summed E-state index contributed by atoms with van der Waals surface area (Å²) in [4.78, 5) is 12.5. The first kappa shape index (κ1) is 11.0. The van der Waals surface area contributed by atoms with E-state index in [2.05, 4.69) is 6.07 Å². The summed E-state index contributed by atoms with van der Waals surface area (Å²) in [6, 6.07) is 1.37. The van der Waals surface area contributed by atoms with Crippen LogP contribution in [0.5, 0.6) is 0 Å². The zero-order chi connectivity index (χ0) is 10.6. The van der Waals surface area contributed by atoms with Gasteiger partial charge in [-0.05, 0) is 19.4 Å². The van der Waals surface area contributed by atoms with Crippen LogP contribution < -0.4 is 5.73 Å². The van der Waals surface area contributed by atoms with Gasteiger partial charge in [-0.3, -0.25) is 9.69 Å². The normalized spacial score (nSPS) is 25.3. The molecule has 0 aromatic carbocycles. The number of rotatable bonds is 3. The number of piperidine rings is 1. The van der Waals surface area contributed by atoms with Gasteiger partial charge in [0.05, 0.1) is 12.0 Å². The van der Waals surface area contributed by atoms with E-state index in [4.69, 9.17) is 16.1 Å². The van der Waals surface area contributed by atoms with Gasteiger partial charge in [0.1, 0.15) is 6.04 Å². The van der Waals surface area contributed by atoms with Crippen molar-refractivity contribution in [2.24, 2.45) is 11.7 Å². The minimum Gasteiger partial charge on any atom is -0.480 e. The van der Waals surface area contributed by atoms with Crippen molar-refractivity contribution in [1.82, 2.24) is 4.90 Å². The van der Waals surface area contributed by atoms with Crippen LogP contribution in [-0.2, 0) is 4.79 Å². The Morgan fingerprint density at radius 3 is 3.07 bits per heavy atom. The third kappa shape index (κ3) is 2.98. The van der Waals surface area contributed by atoms with Crippen molar-refractivity contribution in [3.05, 3.63) is 0 Å². The lowest BCUT2D eigenvalue weighted by atomic mass is 9.99. The predicted octanol–water partition coefficient (Wildman–Crippen LogP) is -0.366. The molecule has 1 aliphatic rings. The number of nitriles is 1. The van der Waals surface area contributed by atoms with Gasteiger partial charge in [0.25, 0.3) is 0 Å². The van der Waals surface area contributed by atoms with Crippen LogP contribution >= 0.6 is 0 Å². The molecule has 5 heteroatoms. The maximum atomic E-state index is 10.5. The molecule has 2 unspecified atom stereocenters. The first-order valence-electron chi connectivity index (χ1n) is 4.74. The topological polar surface area (TPSA) is 90.4 Å². The molecule has 1 heterocycles. The minimum atomic E-state index is -0.982. The Kier molecular flexibility index (Phi) is 3.86. The van der Waals surface area contributed by atoms with Crippen molar-refractivity contribution in [2.45, 2.75) is 18.9 Å². The maximum absolute atomic E-state index is 10.5. The zero-order valence-electron chi connectivity index (χ0n) is 8.02. The van der Waals surface area contributed by atoms with Crippen LogP contribution in [0.15, 0.2) is 0 Å². The lowest BCUT2D eigenvalue weighted by Crippen LogP contribution is -2.46. The summed E-state index contributed by atoms with van der Waals surface area (Å²) in [5.74, 6) is -0.950. The monoisotopic (exact) mass is 197 g/mol. The van der Waals surface area contributed by atoms with E-state index in [1.54, 1.807) is 0 Å². The summed E-state index contributed by atoms with van der Waals surface area (Å²) in [7, 11) is 0. The molecule has 0 bridgehead atoms. The predicted molar refractivity (Wildman–Crippen MR) is 50.4 cm³/mol. The molecule has 1 saturated heterocycles. The molecule has 0 aliphatic carbocycles. The van der Waals surface area contributed by atoms with Crippen LogP contribution in [0.2, 0.25) is 0 Å². The number of likely N-dealkylation sites (tertiary alicyclic amines) is 1. The number of carbonyl (C=O) groups is 1. The van der Waals surface area contributed by atoms with Crippen LogP contribution in [0.25, 0.3) is 0 Å². The number of hydrogen-bond acceptors (Lipinski definition) is 4. The molecule has 2 atom stereocenters. The Hall–Kier alpha value is -1.12. The SMILES string of the molecule is N#CC1CCCN(CC(N)C(=O)O)C1. The van der Waals surface area contributed by atoms with E-state index in [0.29, 0.717) is 13.1 Å². The van der Waals surface area contributed by atoms with Crippen molar-refractivity contribution in [3.63, 3.8) is 0 Å². The molecule has 1 aliphatic heterocycles. The van der Waals surface area contributed by atoms with Crippen LogP contribution in [0, 0.1) is 17.2 Å². The van der Waals surface area contributed by atoms with Gasteiger partial charge in [-0.2, -0.15) is 5.26 Å². The molecule has 0 aromatic heterocycles. The number of carboxylic acids is 1. The molecule has 0 aromatic rings. The first-order valence-corrected chi connectivity index (χ1v) is 4.74. The lowest BCUT2D eigenvalue weighted by Gasteiger charge is -2.30. The number of hydrogen-bond donors (Lipinski definition) is 2. The largest absolute Gasteiger partial charge is 0.480 e.